The van der Waals surface area contributed by atoms with Crippen LogP contribution in [0.1, 0.15) is 5.89 Å². The molecule has 1 aromatic rings. The first-order valence-corrected chi connectivity index (χ1v) is 1.42. The third-order valence-corrected chi connectivity index (χ3v) is 0.378. The molecular formula is C3H2N2O. The molecule has 0 bridgehead atoms. The second-order valence-corrected chi connectivity index (χ2v) is 0.780. The average Bonchev–Trinajstić information content (AvgIpc) is 1.86. The average molecular weight is 82.1 g/mol. The van der Waals surface area contributed by atoms with Gasteiger partial charge in [-0.05, 0) is 0 Å². The van der Waals surface area contributed by atoms with E-state index in [1.165, 1.54) is 6.33 Å². The van der Waals surface area contributed by atoms with Crippen molar-refractivity contribution in [2.75, 3.05) is 0 Å². The predicted molar refractivity (Wildman–Crippen MR) is 17.7 cm³/mol. The Hall–Kier alpha value is -0.860. The summed E-state index contributed by atoms with van der Waals surface area (Å²) in [6, 6.07) is 0. The standard InChI is InChI=1S/C3H2N2O/c1-3-4-2-5-6-3/h1-2H. The molecule has 0 saturated carbocycles. The fourth-order valence-electron chi connectivity index (χ4n) is 0.182. The van der Waals surface area contributed by atoms with E-state index in [0.29, 0.717) is 0 Å². The Balaban J connectivity index is 3.05. The van der Waals surface area contributed by atoms with Crippen LogP contribution in [0.5, 0.6) is 0 Å². The van der Waals surface area contributed by atoms with Crippen molar-refractivity contribution in [3.63, 3.8) is 0 Å². The van der Waals surface area contributed by atoms with Gasteiger partial charge in [0.05, 0.1) is 6.92 Å². The largest absolute Gasteiger partial charge is 0.339 e. The number of aromatic nitrogens is 2. The Morgan fingerprint density at radius 1 is 1.83 bits per heavy atom. The van der Waals surface area contributed by atoms with Crippen LogP contribution in [0.15, 0.2) is 10.9 Å². The van der Waals surface area contributed by atoms with Gasteiger partial charge in [-0.15, -0.1) is 0 Å². The van der Waals surface area contributed by atoms with Crippen molar-refractivity contribution in [2.24, 2.45) is 0 Å². The SMILES string of the molecule is [CH]c1ncno1. The molecule has 0 atom stereocenters. The highest BCUT2D eigenvalue weighted by molar-refractivity contribution is 4.75. The summed E-state index contributed by atoms with van der Waals surface area (Å²) in [5.74, 6) is 0.106. The molecule has 6 heavy (non-hydrogen) atoms. The normalized spacial score (nSPS) is 8.83. The summed E-state index contributed by atoms with van der Waals surface area (Å²) in [6.07, 6.45) is 1.25. The monoisotopic (exact) mass is 82.0 g/mol. The van der Waals surface area contributed by atoms with Gasteiger partial charge in [-0.1, -0.05) is 5.16 Å². The van der Waals surface area contributed by atoms with Crippen LogP contribution in [0.4, 0.5) is 0 Å². The van der Waals surface area contributed by atoms with Gasteiger partial charge < -0.3 is 4.52 Å². The molecule has 0 aromatic carbocycles. The van der Waals surface area contributed by atoms with E-state index in [-0.39, 0.29) is 5.89 Å². The molecule has 1 heterocycles. The smallest absolute Gasteiger partial charge is 0.231 e. The molecule has 0 aliphatic heterocycles. The summed E-state index contributed by atoms with van der Waals surface area (Å²) in [5, 5.41) is 3.21. The van der Waals surface area contributed by atoms with E-state index in [0.717, 1.165) is 0 Å². The van der Waals surface area contributed by atoms with E-state index in [4.69, 9.17) is 6.92 Å². The zero-order valence-corrected chi connectivity index (χ0v) is 2.96. The zero-order chi connectivity index (χ0) is 4.41. The van der Waals surface area contributed by atoms with Gasteiger partial charge in [0, 0.05) is 0 Å². The molecule has 0 spiro atoms. The molecule has 0 N–H and O–H groups in total. The summed E-state index contributed by atoms with van der Waals surface area (Å²) in [5.41, 5.74) is 0. The van der Waals surface area contributed by atoms with Gasteiger partial charge in [-0.2, -0.15) is 4.98 Å². The Labute approximate surface area is 35.0 Å². The van der Waals surface area contributed by atoms with E-state index in [9.17, 15) is 0 Å². The summed E-state index contributed by atoms with van der Waals surface area (Å²) >= 11 is 0. The molecule has 2 radical (unpaired) electrons. The van der Waals surface area contributed by atoms with Crippen LogP contribution in [0.3, 0.4) is 0 Å². The van der Waals surface area contributed by atoms with Crippen LogP contribution in [-0.4, -0.2) is 10.1 Å². The van der Waals surface area contributed by atoms with Crippen LogP contribution in [-0.2, 0) is 0 Å². The van der Waals surface area contributed by atoms with Crippen molar-refractivity contribution >= 4 is 0 Å². The first-order chi connectivity index (χ1) is 2.89. The third kappa shape index (κ3) is 0.381. The van der Waals surface area contributed by atoms with Gasteiger partial charge in [0.2, 0.25) is 5.89 Å². The summed E-state index contributed by atoms with van der Waals surface area (Å²) < 4.78 is 4.25. The second-order valence-electron chi connectivity index (χ2n) is 0.780. The van der Waals surface area contributed by atoms with Gasteiger partial charge in [0.1, 0.15) is 0 Å². The quantitative estimate of drug-likeness (QED) is 0.446. The van der Waals surface area contributed by atoms with Crippen LogP contribution in [0, 0.1) is 6.92 Å². The number of nitrogens with zero attached hydrogens (tertiary/aromatic N) is 2. The van der Waals surface area contributed by atoms with Gasteiger partial charge in [-0.25, -0.2) is 0 Å². The highest BCUT2D eigenvalue weighted by atomic mass is 16.5. The maximum absolute atomic E-state index is 4.94. The highest BCUT2D eigenvalue weighted by Crippen LogP contribution is 1.80. The molecule has 3 nitrogen and oxygen atoms in total. The molecule has 3 heteroatoms. The van der Waals surface area contributed by atoms with E-state index < -0.39 is 0 Å². The minimum Gasteiger partial charge on any atom is -0.339 e. The number of hydrogen-bond acceptors (Lipinski definition) is 3. The molecule has 1 aromatic heterocycles. The van der Waals surface area contributed by atoms with Crippen molar-refractivity contribution in [3.8, 4) is 0 Å². The molecule has 30 valence electrons. The van der Waals surface area contributed by atoms with Crippen molar-refractivity contribution in [2.45, 2.75) is 0 Å². The maximum atomic E-state index is 4.94. The van der Waals surface area contributed by atoms with Crippen LogP contribution < -0.4 is 0 Å². The van der Waals surface area contributed by atoms with Crippen molar-refractivity contribution in [1.29, 1.82) is 0 Å². The lowest BCUT2D eigenvalue weighted by Crippen LogP contribution is -1.59. The number of hydrogen-bond donors (Lipinski definition) is 0. The second kappa shape index (κ2) is 1.08. The van der Waals surface area contributed by atoms with Crippen LogP contribution >= 0.6 is 0 Å². The predicted octanol–water partition coefficient (Wildman–Crippen LogP) is 0.129. The van der Waals surface area contributed by atoms with Crippen LogP contribution in [0.2, 0.25) is 0 Å². The Bertz CT molecular complexity index is 112. The maximum Gasteiger partial charge on any atom is 0.231 e. The van der Waals surface area contributed by atoms with Crippen molar-refractivity contribution < 1.29 is 4.52 Å². The molecule has 0 saturated heterocycles. The van der Waals surface area contributed by atoms with Gasteiger partial charge in [-0.3, -0.25) is 0 Å². The van der Waals surface area contributed by atoms with Gasteiger partial charge in [0.15, 0.2) is 6.33 Å². The lowest BCUT2D eigenvalue weighted by atomic mass is 10.8. The minimum absolute atomic E-state index is 0.106. The number of rotatable bonds is 0. The van der Waals surface area contributed by atoms with Crippen molar-refractivity contribution in [3.05, 3.63) is 19.1 Å². The Kier molecular flexibility index (Phi) is 0.602. The minimum atomic E-state index is 0.106. The molecule has 0 fully saturated rings. The van der Waals surface area contributed by atoms with E-state index >= 15 is 0 Å². The Morgan fingerprint density at radius 2 is 2.67 bits per heavy atom. The third-order valence-electron chi connectivity index (χ3n) is 0.378. The molecule has 1 rings (SSSR count). The first kappa shape index (κ1) is 3.33. The lowest BCUT2D eigenvalue weighted by molar-refractivity contribution is 0.403. The summed E-state index contributed by atoms with van der Waals surface area (Å²) in [6.45, 7) is 4.94. The topological polar surface area (TPSA) is 38.9 Å². The van der Waals surface area contributed by atoms with Crippen molar-refractivity contribution in [1.82, 2.24) is 10.1 Å². The fourth-order valence-corrected chi connectivity index (χ4v) is 0.182. The van der Waals surface area contributed by atoms with E-state index in [1.54, 1.807) is 0 Å². The highest BCUT2D eigenvalue weighted by Gasteiger charge is 1.80. The molecule has 0 unspecified atom stereocenters. The molecule has 0 aliphatic carbocycles. The molecule has 0 aliphatic rings. The van der Waals surface area contributed by atoms with E-state index in [2.05, 4.69) is 14.7 Å². The molecule has 0 amide bonds. The first-order valence-electron chi connectivity index (χ1n) is 1.42. The molecular weight excluding hydrogens is 80.0 g/mol. The Morgan fingerprint density at radius 3 is 2.83 bits per heavy atom. The van der Waals surface area contributed by atoms with Gasteiger partial charge >= 0.3 is 0 Å². The van der Waals surface area contributed by atoms with Crippen LogP contribution in [0.25, 0.3) is 0 Å². The summed E-state index contributed by atoms with van der Waals surface area (Å²) in [7, 11) is 0. The van der Waals surface area contributed by atoms with E-state index in [1.807, 2.05) is 0 Å². The lowest BCUT2D eigenvalue weighted by Gasteiger charge is -1.62. The zero-order valence-electron chi connectivity index (χ0n) is 2.96. The fraction of sp³-hybridized carbons (Fsp3) is 0. The van der Waals surface area contributed by atoms with Gasteiger partial charge in [0.25, 0.3) is 0 Å². The summed E-state index contributed by atoms with van der Waals surface area (Å²) in [4.78, 5) is 3.42.